The van der Waals surface area contributed by atoms with E-state index in [4.69, 9.17) is 14.2 Å². The van der Waals surface area contributed by atoms with E-state index in [9.17, 15) is 9.59 Å². The van der Waals surface area contributed by atoms with E-state index < -0.39 is 5.97 Å². The third-order valence-electron chi connectivity index (χ3n) is 4.89. The molecule has 1 aliphatic heterocycles. The third kappa shape index (κ3) is 5.23. The number of carbonyl (C=O) groups excluding carboxylic acids is 2. The lowest BCUT2D eigenvalue weighted by Gasteiger charge is -2.26. The fourth-order valence-electron chi connectivity index (χ4n) is 3.41. The monoisotopic (exact) mass is 413 g/mol. The molecule has 29 heavy (non-hydrogen) atoms. The molecule has 0 aromatic heterocycles. The van der Waals surface area contributed by atoms with Gasteiger partial charge in [-0.3, -0.25) is 9.59 Å². The van der Waals surface area contributed by atoms with Crippen LogP contribution in [0.2, 0.25) is 0 Å². The van der Waals surface area contributed by atoms with E-state index in [1.54, 1.807) is 0 Å². The molecule has 1 atom stereocenters. The standard InChI is InChI=1S/C22H23NO5S/c24-21(23-11-17-12-26-19-6-1-2-7-20(19)28-17)13-27-22(25)14-29-18-9-8-15-4-3-5-16(15)10-18/h1-2,6-10,17H,3-5,11-14H2,(H,23,24). The minimum atomic E-state index is -0.406. The van der Waals surface area contributed by atoms with Crippen LogP contribution < -0.4 is 14.8 Å². The number of hydrogen-bond donors (Lipinski definition) is 1. The Kier molecular flexibility index (Phi) is 6.24. The van der Waals surface area contributed by atoms with Gasteiger partial charge in [0.05, 0.1) is 12.3 Å². The summed E-state index contributed by atoms with van der Waals surface area (Å²) in [7, 11) is 0. The average molecular weight is 413 g/mol. The highest BCUT2D eigenvalue weighted by molar-refractivity contribution is 8.00. The minimum absolute atomic E-state index is 0.183. The average Bonchev–Trinajstić information content (AvgIpc) is 3.22. The quantitative estimate of drug-likeness (QED) is 0.556. The summed E-state index contributed by atoms with van der Waals surface area (Å²) in [6.07, 6.45) is 3.17. The SMILES string of the molecule is O=C(COC(=O)CSc1ccc2c(c1)CCC2)NCC1COc2ccccc2O1. The van der Waals surface area contributed by atoms with Crippen LogP contribution in [-0.4, -0.2) is 43.5 Å². The zero-order chi connectivity index (χ0) is 20.1. The third-order valence-corrected chi connectivity index (χ3v) is 5.85. The summed E-state index contributed by atoms with van der Waals surface area (Å²) in [6, 6.07) is 13.7. The summed E-state index contributed by atoms with van der Waals surface area (Å²) >= 11 is 1.43. The number of fused-ring (bicyclic) bond motifs is 2. The molecule has 152 valence electrons. The van der Waals surface area contributed by atoms with Crippen molar-refractivity contribution in [3.05, 3.63) is 53.6 Å². The number of para-hydroxylation sites is 2. The van der Waals surface area contributed by atoms with Gasteiger partial charge in [-0.15, -0.1) is 11.8 Å². The van der Waals surface area contributed by atoms with Crippen LogP contribution in [0.4, 0.5) is 0 Å². The zero-order valence-corrected chi connectivity index (χ0v) is 16.8. The number of amides is 1. The van der Waals surface area contributed by atoms with Gasteiger partial charge >= 0.3 is 5.97 Å². The number of aryl methyl sites for hydroxylation is 2. The number of benzene rings is 2. The minimum Gasteiger partial charge on any atom is -0.486 e. The first-order chi connectivity index (χ1) is 14.2. The molecule has 2 aromatic rings. The van der Waals surface area contributed by atoms with Crippen LogP contribution in [0.3, 0.4) is 0 Å². The van der Waals surface area contributed by atoms with Crippen molar-refractivity contribution < 1.29 is 23.8 Å². The highest BCUT2D eigenvalue weighted by Crippen LogP contribution is 2.30. The van der Waals surface area contributed by atoms with Crippen molar-refractivity contribution in [1.29, 1.82) is 0 Å². The molecule has 2 aromatic carbocycles. The summed E-state index contributed by atoms with van der Waals surface area (Å²) in [5.41, 5.74) is 2.78. The molecule has 0 radical (unpaired) electrons. The molecule has 0 bridgehead atoms. The Balaban J connectivity index is 1.14. The Morgan fingerprint density at radius 1 is 1.10 bits per heavy atom. The molecule has 0 saturated carbocycles. The Hall–Kier alpha value is -2.67. The Morgan fingerprint density at radius 3 is 2.83 bits per heavy atom. The summed E-state index contributed by atoms with van der Waals surface area (Å²) in [5.74, 6) is 0.778. The lowest BCUT2D eigenvalue weighted by molar-refractivity contribution is -0.146. The normalized spacial score (nSPS) is 16.8. The molecule has 0 saturated heterocycles. The van der Waals surface area contributed by atoms with E-state index in [2.05, 4.69) is 17.4 Å². The van der Waals surface area contributed by atoms with Crippen LogP contribution in [0.25, 0.3) is 0 Å². The number of carbonyl (C=O) groups is 2. The van der Waals surface area contributed by atoms with E-state index in [1.165, 1.54) is 29.3 Å². The first kappa shape index (κ1) is 19.6. The van der Waals surface area contributed by atoms with E-state index in [0.717, 1.165) is 17.7 Å². The molecule has 1 N–H and O–H groups in total. The number of hydrogen-bond acceptors (Lipinski definition) is 6. The summed E-state index contributed by atoms with van der Waals surface area (Å²) < 4.78 is 16.5. The van der Waals surface area contributed by atoms with Crippen LogP contribution in [-0.2, 0) is 27.2 Å². The molecule has 1 amide bonds. The maximum absolute atomic E-state index is 11.9. The smallest absolute Gasteiger partial charge is 0.316 e. The Labute approximate surface area is 173 Å². The van der Waals surface area contributed by atoms with Gasteiger partial charge in [-0.2, -0.15) is 0 Å². The van der Waals surface area contributed by atoms with Crippen molar-refractivity contribution in [2.75, 3.05) is 25.5 Å². The molecule has 6 nitrogen and oxygen atoms in total. The van der Waals surface area contributed by atoms with Crippen LogP contribution >= 0.6 is 11.8 Å². The molecule has 0 spiro atoms. The van der Waals surface area contributed by atoms with Gasteiger partial charge in [0.25, 0.3) is 5.91 Å². The summed E-state index contributed by atoms with van der Waals surface area (Å²) in [4.78, 5) is 24.9. The predicted octanol–water partition coefficient (Wildman–Crippen LogP) is 2.77. The second-order valence-corrected chi connectivity index (χ2v) is 8.08. The summed E-state index contributed by atoms with van der Waals surface area (Å²) in [6.45, 7) is 0.344. The lowest BCUT2D eigenvalue weighted by atomic mass is 10.1. The second kappa shape index (κ2) is 9.22. The van der Waals surface area contributed by atoms with Crippen molar-refractivity contribution in [2.24, 2.45) is 0 Å². The van der Waals surface area contributed by atoms with E-state index in [-0.39, 0.29) is 30.9 Å². The number of ether oxygens (including phenoxy) is 3. The Morgan fingerprint density at radius 2 is 1.93 bits per heavy atom. The van der Waals surface area contributed by atoms with Gasteiger partial charge in [-0.1, -0.05) is 18.2 Å². The number of rotatable bonds is 7. The molecule has 7 heteroatoms. The van der Waals surface area contributed by atoms with E-state index in [1.807, 2.05) is 30.3 Å². The van der Waals surface area contributed by atoms with Crippen LogP contribution in [0, 0.1) is 0 Å². The number of thioether (sulfide) groups is 1. The first-order valence-corrected chi connectivity index (χ1v) is 10.7. The number of esters is 1. The van der Waals surface area contributed by atoms with Crippen molar-refractivity contribution in [3.63, 3.8) is 0 Å². The molecule has 1 unspecified atom stereocenters. The van der Waals surface area contributed by atoms with Crippen LogP contribution in [0.5, 0.6) is 11.5 Å². The molecule has 1 aliphatic carbocycles. The van der Waals surface area contributed by atoms with Gasteiger partial charge in [0, 0.05) is 4.90 Å². The van der Waals surface area contributed by atoms with Gasteiger partial charge in [0.1, 0.15) is 12.7 Å². The predicted molar refractivity (Wildman–Crippen MR) is 110 cm³/mol. The maximum Gasteiger partial charge on any atom is 0.316 e. The highest BCUT2D eigenvalue weighted by atomic mass is 32.2. The lowest BCUT2D eigenvalue weighted by Crippen LogP contribution is -2.42. The van der Waals surface area contributed by atoms with Crippen molar-refractivity contribution in [3.8, 4) is 11.5 Å². The topological polar surface area (TPSA) is 73.9 Å². The fourth-order valence-corrected chi connectivity index (χ4v) is 4.17. The largest absolute Gasteiger partial charge is 0.486 e. The molecule has 2 aliphatic rings. The summed E-state index contributed by atoms with van der Waals surface area (Å²) in [5, 5.41) is 2.71. The maximum atomic E-state index is 11.9. The first-order valence-electron chi connectivity index (χ1n) is 9.73. The van der Waals surface area contributed by atoms with Gasteiger partial charge in [-0.25, -0.2) is 0 Å². The van der Waals surface area contributed by atoms with Gasteiger partial charge in [-0.05, 0) is 54.7 Å². The van der Waals surface area contributed by atoms with Crippen molar-refractivity contribution in [2.45, 2.75) is 30.3 Å². The molecular formula is C22H23NO5S. The van der Waals surface area contributed by atoms with Crippen molar-refractivity contribution in [1.82, 2.24) is 5.32 Å². The van der Waals surface area contributed by atoms with Crippen molar-refractivity contribution >= 4 is 23.6 Å². The second-order valence-electron chi connectivity index (χ2n) is 7.04. The number of nitrogens with one attached hydrogen (secondary N) is 1. The van der Waals surface area contributed by atoms with Gasteiger partial charge in [0.15, 0.2) is 18.1 Å². The molecule has 0 fully saturated rings. The fraction of sp³-hybridized carbons (Fsp3) is 0.364. The highest BCUT2D eigenvalue weighted by Gasteiger charge is 2.21. The van der Waals surface area contributed by atoms with E-state index >= 15 is 0 Å². The van der Waals surface area contributed by atoms with Gasteiger partial charge in [0.2, 0.25) is 0 Å². The molecule has 1 heterocycles. The van der Waals surface area contributed by atoms with Gasteiger partial charge < -0.3 is 19.5 Å². The molecular weight excluding hydrogens is 390 g/mol. The Bertz CT molecular complexity index is 901. The molecule has 4 rings (SSSR count). The zero-order valence-electron chi connectivity index (χ0n) is 16.0. The van der Waals surface area contributed by atoms with Crippen LogP contribution in [0.1, 0.15) is 17.5 Å². The van der Waals surface area contributed by atoms with E-state index in [0.29, 0.717) is 18.1 Å². The van der Waals surface area contributed by atoms with Crippen LogP contribution in [0.15, 0.2) is 47.4 Å².